The van der Waals surface area contributed by atoms with Crippen molar-refractivity contribution in [3.05, 3.63) is 151 Å². The molecule has 0 saturated heterocycles. The Morgan fingerprint density at radius 2 is 1.09 bits per heavy atom. The minimum absolute atomic E-state index is 0.210. The lowest BCUT2D eigenvalue weighted by molar-refractivity contribution is 0.419. The van der Waals surface area contributed by atoms with E-state index in [1.807, 2.05) is 78.9 Å². The second kappa shape index (κ2) is 10.5. The van der Waals surface area contributed by atoms with Crippen molar-refractivity contribution in [2.24, 2.45) is 0 Å². The van der Waals surface area contributed by atoms with Crippen LogP contribution in [0.5, 0.6) is 11.5 Å². The summed E-state index contributed by atoms with van der Waals surface area (Å²) in [6, 6.07) is 47.3. The predicted octanol–water partition coefficient (Wildman–Crippen LogP) is 10.9. The molecule has 1 aliphatic rings. The molecule has 3 heterocycles. The molecule has 0 fully saturated rings. The Bertz CT molecular complexity index is 2410. The first-order chi connectivity index (χ1) is 23.0. The second-order valence-electron chi connectivity index (χ2n) is 12.4. The zero-order chi connectivity index (χ0) is 31.5. The monoisotopic (exact) mass is 607 g/mol. The van der Waals surface area contributed by atoms with Gasteiger partial charge in [0.05, 0.1) is 0 Å². The number of furan rings is 1. The van der Waals surface area contributed by atoms with Crippen molar-refractivity contribution >= 4 is 21.9 Å². The number of hydrogen-bond acceptors (Lipinski definition) is 5. The Morgan fingerprint density at radius 1 is 0.489 bits per heavy atom. The van der Waals surface area contributed by atoms with Crippen molar-refractivity contribution in [2.75, 3.05) is 0 Å². The third kappa shape index (κ3) is 4.43. The van der Waals surface area contributed by atoms with Gasteiger partial charge in [-0.05, 0) is 18.2 Å². The number of ether oxygens (including phenoxy) is 1. The van der Waals surface area contributed by atoms with Gasteiger partial charge in [-0.25, -0.2) is 15.0 Å². The van der Waals surface area contributed by atoms with Gasteiger partial charge in [-0.2, -0.15) is 0 Å². The molecule has 0 aliphatic carbocycles. The van der Waals surface area contributed by atoms with Gasteiger partial charge in [0.1, 0.15) is 22.7 Å². The van der Waals surface area contributed by atoms with E-state index >= 15 is 0 Å². The number of hydrogen-bond donors (Lipinski definition) is 0. The van der Waals surface area contributed by atoms with Crippen molar-refractivity contribution < 1.29 is 9.15 Å². The molecule has 0 N–H and O–H groups in total. The van der Waals surface area contributed by atoms with Crippen LogP contribution in [0.3, 0.4) is 0 Å². The van der Waals surface area contributed by atoms with Gasteiger partial charge in [0.25, 0.3) is 0 Å². The minimum atomic E-state index is -0.210. The first-order valence-corrected chi connectivity index (χ1v) is 15.8. The van der Waals surface area contributed by atoms with Crippen LogP contribution in [0.15, 0.2) is 144 Å². The van der Waals surface area contributed by atoms with Gasteiger partial charge in [0.2, 0.25) is 0 Å². The fourth-order valence-electron chi connectivity index (χ4n) is 6.77. The van der Waals surface area contributed by atoms with Gasteiger partial charge in [0.15, 0.2) is 17.5 Å². The molecule has 1 aliphatic heterocycles. The van der Waals surface area contributed by atoms with Crippen LogP contribution in [0.4, 0.5) is 0 Å². The van der Waals surface area contributed by atoms with Gasteiger partial charge in [-0.3, -0.25) is 0 Å². The highest BCUT2D eigenvalue weighted by atomic mass is 16.5. The van der Waals surface area contributed by atoms with Gasteiger partial charge in [0, 0.05) is 55.1 Å². The molecular weight excluding hydrogens is 578 g/mol. The molecule has 0 radical (unpaired) electrons. The van der Waals surface area contributed by atoms with E-state index in [2.05, 4.69) is 74.5 Å². The molecule has 47 heavy (non-hydrogen) atoms. The van der Waals surface area contributed by atoms with E-state index in [0.717, 1.165) is 66.8 Å². The molecule has 0 spiro atoms. The quantitative estimate of drug-likeness (QED) is 0.199. The van der Waals surface area contributed by atoms with Gasteiger partial charge in [-0.15, -0.1) is 0 Å². The SMILES string of the molecule is CC1(C)c2ccccc2Oc2c(-c3cccc4c3oc3cc(-c5nc(-c6ccccc6)nc(-c6ccccc6)n5)ccc34)cccc21. The van der Waals surface area contributed by atoms with Crippen LogP contribution in [0.1, 0.15) is 25.0 Å². The molecule has 5 nitrogen and oxygen atoms in total. The van der Waals surface area contributed by atoms with E-state index in [9.17, 15) is 0 Å². The number of fused-ring (bicyclic) bond motifs is 5. The molecule has 5 heteroatoms. The van der Waals surface area contributed by atoms with Crippen LogP contribution in [0.25, 0.3) is 67.2 Å². The van der Waals surface area contributed by atoms with E-state index in [1.165, 1.54) is 5.56 Å². The molecule has 9 rings (SSSR count). The molecule has 0 amide bonds. The topological polar surface area (TPSA) is 61.0 Å². The summed E-state index contributed by atoms with van der Waals surface area (Å²) >= 11 is 0. The highest BCUT2D eigenvalue weighted by molar-refractivity contribution is 6.10. The van der Waals surface area contributed by atoms with Crippen molar-refractivity contribution in [3.8, 4) is 56.8 Å². The van der Waals surface area contributed by atoms with Crippen molar-refractivity contribution in [1.82, 2.24) is 15.0 Å². The minimum Gasteiger partial charge on any atom is -0.456 e. The molecule has 2 aromatic heterocycles. The molecular formula is C42H29N3O2. The summed E-state index contributed by atoms with van der Waals surface area (Å²) in [4.78, 5) is 14.7. The Kier molecular flexibility index (Phi) is 6.09. The van der Waals surface area contributed by atoms with Gasteiger partial charge < -0.3 is 9.15 Å². The number of rotatable bonds is 4. The Balaban J connectivity index is 1.20. The third-order valence-corrected chi connectivity index (χ3v) is 9.21. The molecule has 6 aromatic carbocycles. The predicted molar refractivity (Wildman–Crippen MR) is 187 cm³/mol. The lowest BCUT2D eigenvalue weighted by Gasteiger charge is -2.35. The van der Waals surface area contributed by atoms with Crippen LogP contribution in [0, 0.1) is 0 Å². The van der Waals surface area contributed by atoms with E-state index in [0.29, 0.717) is 17.5 Å². The zero-order valence-corrected chi connectivity index (χ0v) is 25.9. The summed E-state index contributed by atoms with van der Waals surface area (Å²) in [5.74, 6) is 3.60. The standard InChI is InChI=1S/C42H29N3O2/c1-42(2)33-20-9-10-22-35(33)46-38-32(19-12-21-34(38)42)31-18-11-17-30-29-24-23-28(25-36(29)47-37(30)31)41-44-39(26-13-5-3-6-14-26)43-40(45-41)27-15-7-4-8-16-27/h3-25H,1-2H3. The van der Waals surface area contributed by atoms with Gasteiger partial charge >= 0.3 is 0 Å². The largest absolute Gasteiger partial charge is 0.456 e. The van der Waals surface area contributed by atoms with Gasteiger partial charge in [-0.1, -0.05) is 135 Å². The zero-order valence-electron chi connectivity index (χ0n) is 25.9. The van der Waals surface area contributed by atoms with E-state index in [4.69, 9.17) is 24.1 Å². The molecule has 0 saturated carbocycles. The van der Waals surface area contributed by atoms with Crippen molar-refractivity contribution in [2.45, 2.75) is 19.3 Å². The number of aromatic nitrogens is 3. The Morgan fingerprint density at radius 3 is 1.81 bits per heavy atom. The fraction of sp³-hybridized carbons (Fsp3) is 0.0714. The summed E-state index contributed by atoms with van der Waals surface area (Å²) in [6.45, 7) is 4.52. The molecule has 8 aromatic rings. The van der Waals surface area contributed by atoms with Crippen LogP contribution in [-0.4, -0.2) is 15.0 Å². The summed E-state index contributed by atoms with van der Waals surface area (Å²) in [6.07, 6.45) is 0. The molecule has 0 unspecified atom stereocenters. The maximum absolute atomic E-state index is 6.72. The smallest absolute Gasteiger partial charge is 0.164 e. The number of benzene rings is 6. The lowest BCUT2D eigenvalue weighted by atomic mass is 9.75. The second-order valence-corrected chi connectivity index (χ2v) is 12.4. The van der Waals surface area contributed by atoms with E-state index < -0.39 is 0 Å². The van der Waals surface area contributed by atoms with Crippen LogP contribution >= 0.6 is 0 Å². The Labute approximate surface area is 272 Å². The third-order valence-electron chi connectivity index (χ3n) is 9.21. The van der Waals surface area contributed by atoms with Crippen LogP contribution < -0.4 is 4.74 Å². The van der Waals surface area contributed by atoms with E-state index in [-0.39, 0.29) is 5.41 Å². The number of para-hydroxylation sites is 3. The molecule has 0 bridgehead atoms. The summed E-state index contributed by atoms with van der Waals surface area (Å²) in [5, 5.41) is 2.07. The van der Waals surface area contributed by atoms with Crippen LogP contribution in [-0.2, 0) is 5.41 Å². The van der Waals surface area contributed by atoms with Crippen molar-refractivity contribution in [1.29, 1.82) is 0 Å². The molecule has 224 valence electrons. The molecule has 0 atom stereocenters. The maximum atomic E-state index is 6.72. The van der Waals surface area contributed by atoms with Crippen LogP contribution in [0.2, 0.25) is 0 Å². The Hall–Kier alpha value is -6.07. The summed E-state index contributed by atoms with van der Waals surface area (Å²) in [5.41, 5.74) is 8.43. The summed E-state index contributed by atoms with van der Waals surface area (Å²) in [7, 11) is 0. The fourth-order valence-corrected chi connectivity index (χ4v) is 6.77. The lowest BCUT2D eigenvalue weighted by Crippen LogP contribution is -2.24. The average Bonchev–Trinajstić information content (AvgIpc) is 3.50. The maximum Gasteiger partial charge on any atom is 0.164 e. The average molecular weight is 608 g/mol. The summed E-state index contributed by atoms with van der Waals surface area (Å²) < 4.78 is 13.3. The van der Waals surface area contributed by atoms with Crippen molar-refractivity contribution in [3.63, 3.8) is 0 Å². The first-order valence-electron chi connectivity index (χ1n) is 15.8. The number of nitrogens with zero attached hydrogens (tertiary/aromatic N) is 3. The normalized spacial score (nSPS) is 13.2. The van der Waals surface area contributed by atoms with E-state index in [1.54, 1.807) is 0 Å². The highest BCUT2D eigenvalue weighted by Crippen LogP contribution is 2.52. The highest BCUT2D eigenvalue weighted by Gasteiger charge is 2.35. The first kappa shape index (κ1) is 27.3.